The van der Waals surface area contributed by atoms with Gasteiger partial charge in [0.2, 0.25) is 0 Å². The Balaban J connectivity index is 3.03. The maximum Gasteiger partial charge on any atom is 0.176 e. The lowest BCUT2D eigenvalue weighted by Crippen LogP contribution is -2.10. The molecule has 1 nitrogen and oxygen atoms in total. The fraction of sp³-hybridized carbons (Fsp3) is 0.300. The molecule has 0 aromatic heterocycles. The van der Waals surface area contributed by atoms with Crippen LogP contribution >= 0.6 is 50.3 Å². The van der Waals surface area contributed by atoms with Crippen LogP contribution in [0.1, 0.15) is 17.3 Å². The first-order valence-corrected chi connectivity index (χ1v) is 7.30. The van der Waals surface area contributed by atoms with Crippen molar-refractivity contribution < 1.29 is 4.79 Å². The minimum absolute atomic E-state index is 0.113. The van der Waals surface area contributed by atoms with Gasteiger partial charge in [0.05, 0.1) is 4.83 Å². The van der Waals surface area contributed by atoms with Gasteiger partial charge in [0.1, 0.15) is 0 Å². The number of thioether (sulfide) groups is 1. The second-order valence-corrected chi connectivity index (χ2v) is 6.21. The van der Waals surface area contributed by atoms with Crippen LogP contribution in [-0.2, 0) is 0 Å². The molecule has 0 saturated carbocycles. The Bertz CT molecular complexity index is 352. The van der Waals surface area contributed by atoms with E-state index in [4.69, 9.17) is 0 Å². The maximum absolute atomic E-state index is 11.6. The van der Waals surface area contributed by atoms with Crippen LogP contribution < -0.4 is 0 Å². The first kappa shape index (κ1) is 12.5. The molecule has 0 amide bonds. The lowest BCUT2D eigenvalue weighted by Gasteiger charge is -2.05. The van der Waals surface area contributed by atoms with Crippen LogP contribution in [0.2, 0.25) is 0 Å². The molecule has 1 unspecified atom stereocenters. The van der Waals surface area contributed by atoms with E-state index >= 15 is 0 Å². The third-order valence-corrected chi connectivity index (χ3v) is 4.27. The standard InChI is InChI=1S/C10H10BrIOS/c1-6(11)10(13)7-3-4-9(14-2)8(12)5-7/h3-6H,1-2H3. The van der Waals surface area contributed by atoms with Gasteiger partial charge in [-0.3, -0.25) is 4.79 Å². The normalized spacial score (nSPS) is 12.6. The van der Waals surface area contributed by atoms with Crippen molar-refractivity contribution in [3.8, 4) is 0 Å². The molecule has 4 heteroatoms. The van der Waals surface area contributed by atoms with E-state index in [1.54, 1.807) is 11.8 Å². The number of hydrogen-bond donors (Lipinski definition) is 0. The highest BCUT2D eigenvalue weighted by Crippen LogP contribution is 2.24. The zero-order valence-corrected chi connectivity index (χ0v) is 12.4. The largest absolute Gasteiger partial charge is 0.293 e. The summed E-state index contributed by atoms with van der Waals surface area (Å²) in [5, 5.41) is 0. The molecular weight excluding hydrogens is 375 g/mol. The number of carbonyl (C=O) groups is 1. The van der Waals surface area contributed by atoms with Gasteiger partial charge >= 0.3 is 0 Å². The third-order valence-electron chi connectivity index (χ3n) is 1.80. The van der Waals surface area contributed by atoms with Crippen molar-refractivity contribution in [3.05, 3.63) is 27.3 Å². The minimum Gasteiger partial charge on any atom is -0.293 e. The van der Waals surface area contributed by atoms with Crippen molar-refractivity contribution in [1.82, 2.24) is 0 Å². The molecule has 14 heavy (non-hydrogen) atoms. The molecule has 0 aliphatic heterocycles. The molecule has 1 rings (SSSR count). The van der Waals surface area contributed by atoms with Crippen LogP contribution in [0.5, 0.6) is 0 Å². The van der Waals surface area contributed by atoms with E-state index in [9.17, 15) is 4.79 Å². The van der Waals surface area contributed by atoms with Gasteiger partial charge in [-0.25, -0.2) is 0 Å². The van der Waals surface area contributed by atoms with E-state index in [1.807, 2.05) is 31.4 Å². The van der Waals surface area contributed by atoms with Gasteiger partial charge in [0, 0.05) is 14.0 Å². The number of benzene rings is 1. The quantitative estimate of drug-likeness (QED) is 0.339. The molecule has 0 bridgehead atoms. The highest BCUT2D eigenvalue weighted by atomic mass is 127. The Labute approximate surface area is 110 Å². The topological polar surface area (TPSA) is 17.1 Å². The number of carbonyl (C=O) groups excluding carboxylic acids is 1. The van der Waals surface area contributed by atoms with E-state index < -0.39 is 0 Å². The van der Waals surface area contributed by atoms with Crippen molar-refractivity contribution in [3.63, 3.8) is 0 Å². The second kappa shape index (κ2) is 5.51. The molecule has 76 valence electrons. The molecule has 1 aromatic carbocycles. The summed E-state index contributed by atoms with van der Waals surface area (Å²) in [6.45, 7) is 1.84. The lowest BCUT2D eigenvalue weighted by atomic mass is 10.1. The first-order valence-electron chi connectivity index (χ1n) is 4.08. The highest BCUT2D eigenvalue weighted by Gasteiger charge is 2.12. The molecule has 0 aliphatic rings. The van der Waals surface area contributed by atoms with Gasteiger partial charge in [0.25, 0.3) is 0 Å². The van der Waals surface area contributed by atoms with Gasteiger partial charge in [-0.2, -0.15) is 0 Å². The van der Waals surface area contributed by atoms with E-state index in [0.29, 0.717) is 0 Å². The van der Waals surface area contributed by atoms with E-state index in [-0.39, 0.29) is 10.6 Å². The Morgan fingerprint density at radius 3 is 2.64 bits per heavy atom. The number of rotatable bonds is 3. The maximum atomic E-state index is 11.6. The minimum atomic E-state index is -0.113. The van der Waals surface area contributed by atoms with Crippen molar-refractivity contribution in [2.45, 2.75) is 16.6 Å². The van der Waals surface area contributed by atoms with Gasteiger partial charge < -0.3 is 0 Å². The zero-order chi connectivity index (χ0) is 10.7. The molecule has 1 atom stereocenters. The van der Waals surface area contributed by atoms with Crippen LogP contribution in [0.4, 0.5) is 0 Å². The van der Waals surface area contributed by atoms with Gasteiger partial charge in [-0.15, -0.1) is 11.8 Å². The summed E-state index contributed by atoms with van der Waals surface area (Å²) < 4.78 is 1.13. The molecule has 0 heterocycles. The van der Waals surface area contributed by atoms with Crippen LogP contribution in [0.15, 0.2) is 23.1 Å². The SMILES string of the molecule is CSc1ccc(C(=O)C(C)Br)cc1I. The van der Waals surface area contributed by atoms with Gasteiger partial charge in [-0.05, 0) is 47.9 Å². The molecule has 0 saturated heterocycles. The van der Waals surface area contributed by atoms with Crippen molar-refractivity contribution in [1.29, 1.82) is 0 Å². The van der Waals surface area contributed by atoms with Crippen molar-refractivity contribution in [2.24, 2.45) is 0 Å². The number of hydrogen-bond acceptors (Lipinski definition) is 2. The Morgan fingerprint density at radius 2 is 2.21 bits per heavy atom. The Hall–Kier alpha value is 0.450. The number of ketones is 1. The molecule has 0 radical (unpaired) electrons. The predicted molar refractivity (Wildman–Crippen MR) is 73.7 cm³/mol. The molecule has 0 N–H and O–H groups in total. The molecule has 1 aromatic rings. The highest BCUT2D eigenvalue weighted by molar-refractivity contribution is 14.1. The summed E-state index contributed by atoms with van der Waals surface area (Å²) in [6.07, 6.45) is 2.03. The summed E-state index contributed by atoms with van der Waals surface area (Å²) in [5.74, 6) is 0.135. The van der Waals surface area contributed by atoms with Crippen LogP contribution in [-0.4, -0.2) is 16.9 Å². The zero-order valence-electron chi connectivity index (χ0n) is 7.88. The van der Waals surface area contributed by atoms with Crippen LogP contribution in [0.25, 0.3) is 0 Å². The number of Topliss-reactive ketones (excluding diaryl/α,β-unsaturated/α-hetero) is 1. The second-order valence-electron chi connectivity index (χ2n) is 2.83. The summed E-state index contributed by atoms with van der Waals surface area (Å²) >= 11 is 7.23. The lowest BCUT2D eigenvalue weighted by molar-refractivity contribution is 0.0995. The fourth-order valence-electron chi connectivity index (χ4n) is 1.05. The molecule has 0 aliphatic carbocycles. The summed E-state index contributed by atoms with van der Waals surface area (Å²) in [4.78, 5) is 12.7. The average Bonchev–Trinajstić information content (AvgIpc) is 2.16. The summed E-state index contributed by atoms with van der Waals surface area (Å²) in [6, 6.07) is 5.82. The summed E-state index contributed by atoms with van der Waals surface area (Å²) in [7, 11) is 0. The van der Waals surface area contributed by atoms with E-state index in [1.165, 1.54) is 4.90 Å². The number of alkyl halides is 1. The summed E-state index contributed by atoms with van der Waals surface area (Å²) in [5.41, 5.74) is 0.775. The van der Waals surface area contributed by atoms with Crippen LogP contribution in [0, 0.1) is 3.57 Å². The van der Waals surface area contributed by atoms with Gasteiger partial charge in [0.15, 0.2) is 5.78 Å². The van der Waals surface area contributed by atoms with Crippen LogP contribution in [0.3, 0.4) is 0 Å². The molecule has 0 fully saturated rings. The predicted octanol–water partition coefficient (Wildman–Crippen LogP) is 3.98. The van der Waals surface area contributed by atoms with E-state index in [0.717, 1.165) is 9.13 Å². The average molecular weight is 385 g/mol. The van der Waals surface area contributed by atoms with E-state index in [2.05, 4.69) is 38.5 Å². The fourth-order valence-corrected chi connectivity index (χ4v) is 2.95. The first-order chi connectivity index (χ1) is 6.56. The van der Waals surface area contributed by atoms with Crippen molar-refractivity contribution >= 4 is 56.1 Å². The number of halogens is 2. The molecule has 0 spiro atoms. The van der Waals surface area contributed by atoms with Gasteiger partial charge in [-0.1, -0.05) is 22.0 Å². The van der Waals surface area contributed by atoms with Crippen molar-refractivity contribution in [2.75, 3.05) is 6.26 Å². The monoisotopic (exact) mass is 384 g/mol. The Morgan fingerprint density at radius 1 is 1.57 bits per heavy atom. The smallest absolute Gasteiger partial charge is 0.176 e. The molecular formula is C10H10BrIOS. The Kier molecular flexibility index (Phi) is 4.93. The third kappa shape index (κ3) is 2.97.